The number of carbonyl (C=O) groups is 1. The first-order valence-corrected chi connectivity index (χ1v) is 9.01. The Bertz CT molecular complexity index is 665. The fourth-order valence-electron chi connectivity index (χ4n) is 1.94. The van der Waals surface area contributed by atoms with Crippen LogP contribution in [0.2, 0.25) is 0 Å². The maximum atomic E-state index is 12.1. The number of amides is 1. The summed E-state index contributed by atoms with van der Waals surface area (Å²) in [6.07, 6.45) is 0. The Labute approximate surface area is 148 Å². The molecule has 1 heterocycles. The summed E-state index contributed by atoms with van der Waals surface area (Å²) in [5.74, 6) is 0.228. The third kappa shape index (κ3) is 5.04. The highest BCUT2D eigenvalue weighted by atomic mass is 79.9. The summed E-state index contributed by atoms with van der Waals surface area (Å²) in [5, 5.41) is 15.3. The van der Waals surface area contributed by atoms with Gasteiger partial charge in [0.15, 0.2) is 0 Å². The number of hydrogen-bond donors (Lipinski definition) is 1. The lowest BCUT2D eigenvalue weighted by Gasteiger charge is -2.19. The second-order valence-electron chi connectivity index (χ2n) is 6.17. The van der Waals surface area contributed by atoms with Crippen LogP contribution in [0.25, 0.3) is 0 Å². The lowest BCUT2D eigenvalue weighted by Crippen LogP contribution is -2.29. The van der Waals surface area contributed by atoms with Gasteiger partial charge in [0.2, 0.25) is 11.1 Å². The molecule has 0 aliphatic carbocycles. The first-order chi connectivity index (χ1) is 10.8. The van der Waals surface area contributed by atoms with Crippen molar-refractivity contribution >= 4 is 33.6 Å². The molecule has 1 aromatic carbocycles. The molecule has 0 radical (unpaired) electrons. The van der Waals surface area contributed by atoms with Gasteiger partial charge in [0.25, 0.3) is 0 Å². The number of benzene rings is 1. The number of rotatable bonds is 5. The number of tetrazole rings is 1. The minimum atomic E-state index is -0.215. The van der Waals surface area contributed by atoms with Crippen molar-refractivity contribution < 1.29 is 4.79 Å². The molecular formula is C15H20BrN5OS. The van der Waals surface area contributed by atoms with Gasteiger partial charge in [-0.25, -0.2) is 4.68 Å². The highest BCUT2D eigenvalue weighted by Gasteiger charge is 2.20. The maximum Gasteiger partial charge on any atom is 0.230 e. The average Bonchev–Trinajstić information content (AvgIpc) is 2.94. The summed E-state index contributed by atoms with van der Waals surface area (Å²) in [4.78, 5) is 12.1. The van der Waals surface area contributed by atoms with Gasteiger partial charge < -0.3 is 5.32 Å². The molecule has 124 valence electrons. The van der Waals surface area contributed by atoms with Crippen LogP contribution < -0.4 is 5.32 Å². The number of nitrogens with zero attached hydrogens (tertiary/aromatic N) is 4. The molecule has 1 N–H and O–H groups in total. The smallest absolute Gasteiger partial charge is 0.230 e. The van der Waals surface area contributed by atoms with Crippen LogP contribution in [0.15, 0.2) is 33.9 Å². The Morgan fingerprint density at radius 1 is 1.35 bits per heavy atom. The Morgan fingerprint density at radius 2 is 2.00 bits per heavy atom. The van der Waals surface area contributed by atoms with Gasteiger partial charge in [-0.1, -0.05) is 39.8 Å². The summed E-state index contributed by atoms with van der Waals surface area (Å²) in [6.45, 7) is 8.01. The fourth-order valence-corrected chi connectivity index (χ4v) is 3.07. The number of thioether (sulfide) groups is 1. The van der Waals surface area contributed by atoms with Crippen LogP contribution >= 0.6 is 27.7 Å². The van der Waals surface area contributed by atoms with Crippen molar-refractivity contribution in [1.82, 2.24) is 25.5 Å². The molecule has 2 aromatic rings. The van der Waals surface area contributed by atoms with Gasteiger partial charge in [0.05, 0.1) is 17.3 Å². The first kappa shape index (κ1) is 17.9. The summed E-state index contributed by atoms with van der Waals surface area (Å²) >= 11 is 4.74. The molecule has 2 rings (SSSR count). The number of aromatic nitrogens is 4. The lowest BCUT2D eigenvalue weighted by molar-refractivity contribution is -0.119. The van der Waals surface area contributed by atoms with Crippen molar-refractivity contribution in [3.8, 4) is 0 Å². The molecule has 0 aliphatic heterocycles. The molecule has 0 bridgehead atoms. The van der Waals surface area contributed by atoms with E-state index >= 15 is 0 Å². The van der Waals surface area contributed by atoms with Crippen molar-refractivity contribution in [1.29, 1.82) is 0 Å². The number of carbonyl (C=O) groups excluding carboxylic acids is 1. The standard InChI is InChI=1S/C15H20BrN5OS/c1-10(11-5-7-12(16)8-6-11)17-13(22)9-23-14-18-19-20-21(14)15(2,3)4/h5-8,10H,9H2,1-4H3,(H,17,22). The van der Waals surface area contributed by atoms with Gasteiger partial charge in [0, 0.05) is 4.47 Å². The summed E-state index contributed by atoms with van der Waals surface area (Å²) in [7, 11) is 0. The predicted octanol–water partition coefficient (Wildman–Crippen LogP) is 3.16. The zero-order valence-electron chi connectivity index (χ0n) is 13.6. The van der Waals surface area contributed by atoms with Gasteiger partial charge in [-0.15, -0.1) is 5.10 Å². The van der Waals surface area contributed by atoms with E-state index < -0.39 is 0 Å². The minimum Gasteiger partial charge on any atom is -0.349 e. The third-order valence-corrected chi connectivity index (χ3v) is 4.60. The van der Waals surface area contributed by atoms with Crippen molar-refractivity contribution in [2.45, 2.75) is 44.4 Å². The Kier molecular flexibility index (Phi) is 5.80. The van der Waals surface area contributed by atoms with Crippen LogP contribution in [0, 0.1) is 0 Å². The van der Waals surface area contributed by atoms with E-state index in [0.717, 1.165) is 10.0 Å². The van der Waals surface area contributed by atoms with E-state index in [1.165, 1.54) is 11.8 Å². The largest absolute Gasteiger partial charge is 0.349 e. The second-order valence-corrected chi connectivity index (χ2v) is 8.03. The van der Waals surface area contributed by atoms with Crippen LogP contribution in [0.4, 0.5) is 0 Å². The van der Waals surface area contributed by atoms with Gasteiger partial charge in [-0.2, -0.15) is 0 Å². The monoisotopic (exact) mass is 397 g/mol. The molecule has 1 unspecified atom stereocenters. The molecule has 0 saturated heterocycles. The van der Waals surface area contributed by atoms with Crippen LogP contribution in [-0.2, 0) is 10.3 Å². The summed E-state index contributed by atoms with van der Waals surface area (Å²) in [5.41, 5.74) is 0.846. The Morgan fingerprint density at radius 3 is 2.61 bits per heavy atom. The molecule has 0 spiro atoms. The van der Waals surface area contributed by atoms with Gasteiger partial charge in [-0.05, 0) is 55.8 Å². The molecule has 1 amide bonds. The fraction of sp³-hybridized carbons (Fsp3) is 0.467. The van der Waals surface area contributed by atoms with Crippen LogP contribution in [-0.4, -0.2) is 31.9 Å². The lowest BCUT2D eigenvalue weighted by atomic mass is 10.1. The minimum absolute atomic E-state index is 0.0465. The summed E-state index contributed by atoms with van der Waals surface area (Å²) in [6, 6.07) is 7.86. The zero-order chi connectivity index (χ0) is 17.0. The van der Waals surface area contributed by atoms with Gasteiger partial charge >= 0.3 is 0 Å². The van der Waals surface area contributed by atoms with E-state index in [1.54, 1.807) is 4.68 Å². The van der Waals surface area contributed by atoms with Crippen molar-refractivity contribution in [3.63, 3.8) is 0 Å². The quantitative estimate of drug-likeness (QED) is 0.784. The number of halogens is 1. The summed E-state index contributed by atoms with van der Waals surface area (Å²) < 4.78 is 2.74. The Balaban J connectivity index is 1.91. The van der Waals surface area contributed by atoms with Crippen LogP contribution in [0.1, 0.15) is 39.3 Å². The third-order valence-electron chi connectivity index (χ3n) is 3.16. The van der Waals surface area contributed by atoms with Crippen molar-refractivity contribution in [3.05, 3.63) is 34.3 Å². The molecule has 0 aliphatic rings. The first-order valence-electron chi connectivity index (χ1n) is 7.24. The molecule has 8 heteroatoms. The zero-order valence-corrected chi connectivity index (χ0v) is 16.0. The molecule has 0 fully saturated rings. The second kappa shape index (κ2) is 7.44. The maximum absolute atomic E-state index is 12.1. The van der Waals surface area contributed by atoms with E-state index in [4.69, 9.17) is 0 Å². The van der Waals surface area contributed by atoms with E-state index in [9.17, 15) is 4.79 Å². The topological polar surface area (TPSA) is 72.7 Å². The van der Waals surface area contributed by atoms with Crippen LogP contribution in [0.3, 0.4) is 0 Å². The molecule has 6 nitrogen and oxygen atoms in total. The van der Waals surface area contributed by atoms with E-state index in [-0.39, 0.29) is 23.2 Å². The molecule has 1 atom stereocenters. The molecule has 1 aromatic heterocycles. The highest BCUT2D eigenvalue weighted by Crippen LogP contribution is 2.21. The number of nitrogens with one attached hydrogen (secondary N) is 1. The van der Waals surface area contributed by atoms with Crippen molar-refractivity contribution in [2.24, 2.45) is 0 Å². The SMILES string of the molecule is CC(NC(=O)CSc1nnnn1C(C)(C)C)c1ccc(Br)cc1. The van der Waals surface area contributed by atoms with E-state index in [1.807, 2.05) is 52.0 Å². The normalized spacial score (nSPS) is 12.9. The highest BCUT2D eigenvalue weighted by molar-refractivity contribution is 9.10. The molecule has 23 heavy (non-hydrogen) atoms. The Hall–Kier alpha value is -1.41. The van der Waals surface area contributed by atoms with Gasteiger partial charge in [0.1, 0.15) is 0 Å². The van der Waals surface area contributed by atoms with Crippen molar-refractivity contribution in [2.75, 3.05) is 5.75 Å². The van der Waals surface area contributed by atoms with E-state index in [2.05, 4.69) is 36.8 Å². The molecular weight excluding hydrogens is 378 g/mol. The predicted molar refractivity (Wildman–Crippen MR) is 94.2 cm³/mol. The van der Waals surface area contributed by atoms with Crippen LogP contribution in [0.5, 0.6) is 0 Å². The average molecular weight is 398 g/mol. The number of hydrogen-bond acceptors (Lipinski definition) is 5. The van der Waals surface area contributed by atoms with Gasteiger partial charge in [-0.3, -0.25) is 4.79 Å². The molecule has 0 saturated carbocycles. The van der Waals surface area contributed by atoms with E-state index in [0.29, 0.717) is 5.16 Å².